The predicted molar refractivity (Wildman–Crippen MR) is 84.0 cm³/mol. The van der Waals surface area contributed by atoms with Gasteiger partial charge in [-0.2, -0.15) is 0 Å². The average molecular weight is 284 g/mol. The van der Waals surface area contributed by atoms with Crippen molar-refractivity contribution in [2.45, 2.75) is 11.7 Å². The Labute approximate surface area is 122 Å². The highest BCUT2D eigenvalue weighted by atomic mass is 32.2. The standard InChI is InChI=1S/C16H12OS2/c17-15-13-9-5-4-8-12(13)10-14(15)19-16(18)11-6-2-1-3-7-11/h1-9,14H,10H2/t14-/m0/s1. The van der Waals surface area contributed by atoms with Crippen LogP contribution in [0.25, 0.3) is 0 Å². The number of rotatable bonds is 2. The number of Topliss-reactive ketones (excluding diaryl/α,β-unsaturated/α-hetero) is 1. The second kappa shape index (κ2) is 5.27. The van der Waals surface area contributed by atoms with Gasteiger partial charge >= 0.3 is 0 Å². The largest absolute Gasteiger partial charge is 0.293 e. The van der Waals surface area contributed by atoms with Gasteiger partial charge in [0.15, 0.2) is 5.78 Å². The first-order chi connectivity index (χ1) is 9.25. The molecule has 1 aliphatic rings. The Morgan fingerprint density at radius 3 is 2.47 bits per heavy atom. The smallest absolute Gasteiger partial charge is 0.176 e. The number of hydrogen-bond acceptors (Lipinski definition) is 3. The molecule has 2 aromatic carbocycles. The summed E-state index contributed by atoms with van der Waals surface area (Å²) in [5.74, 6) is 0.207. The van der Waals surface area contributed by atoms with E-state index in [-0.39, 0.29) is 11.0 Å². The van der Waals surface area contributed by atoms with Crippen molar-refractivity contribution in [2.24, 2.45) is 0 Å². The molecule has 94 valence electrons. The maximum atomic E-state index is 12.3. The van der Waals surface area contributed by atoms with Gasteiger partial charge in [-0.05, 0) is 17.5 Å². The highest BCUT2D eigenvalue weighted by Gasteiger charge is 2.31. The minimum atomic E-state index is -0.0647. The number of fused-ring (bicyclic) bond motifs is 1. The molecule has 0 bridgehead atoms. The van der Waals surface area contributed by atoms with E-state index in [4.69, 9.17) is 12.2 Å². The molecule has 0 radical (unpaired) electrons. The zero-order valence-corrected chi connectivity index (χ0v) is 11.8. The Morgan fingerprint density at radius 2 is 1.74 bits per heavy atom. The van der Waals surface area contributed by atoms with Crippen molar-refractivity contribution < 1.29 is 4.79 Å². The number of thiocarbonyl (C=S) groups is 1. The molecular weight excluding hydrogens is 272 g/mol. The van der Waals surface area contributed by atoms with Gasteiger partial charge in [0.2, 0.25) is 0 Å². The SMILES string of the molecule is O=C1c2ccccc2C[C@@H]1SC(=S)c1ccccc1. The van der Waals surface area contributed by atoms with Crippen LogP contribution in [0, 0.1) is 0 Å². The molecule has 0 fully saturated rings. The van der Waals surface area contributed by atoms with E-state index in [9.17, 15) is 4.79 Å². The third kappa shape index (κ3) is 2.48. The predicted octanol–water partition coefficient (Wildman–Crippen LogP) is 3.90. The summed E-state index contributed by atoms with van der Waals surface area (Å²) in [6.45, 7) is 0. The van der Waals surface area contributed by atoms with Gasteiger partial charge in [0, 0.05) is 5.56 Å². The summed E-state index contributed by atoms with van der Waals surface area (Å²) < 4.78 is 0.798. The van der Waals surface area contributed by atoms with Crippen molar-refractivity contribution >= 4 is 34.0 Å². The van der Waals surface area contributed by atoms with Gasteiger partial charge in [-0.15, -0.1) is 11.8 Å². The fourth-order valence-corrected chi connectivity index (χ4v) is 3.78. The number of ketones is 1. The van der Waals surface area contributed by atoms with Crippen LogP contribution in [0.15, 0.2) is 54.6 Å². The first kappa shape index (κ1) is 12.6. The quantitative estimate of drug-likeness (QED) is 0.779. The number of hydrogen-bond donors (Lipinski definition) is 0. The third-order valence-electron chi connectivity index (χ3n) is 3.24. The van der Waals surface area contributed by atoms with E-state index in [0.29, 0.717) is 0 Å². The van der Waals surface area contributed by atoms with E-state index in [1.165, 1.54) is 11.8 Å². The first-order valence-corrected chi connectivity index (χ1v) is 7.42. The summed E-state index contributed by atoms with van der Waals surface area (Å²) >= 11 is 6.94. The molecule has 2 aromatic rings. The van der Waals surface area contributed by atoms with Crippen molar-refractivity contribution in [3.8, 4) is 0 Å². The summed E-state index contributed by atoms with van der Waals surface area (Å²) in [6.07, 6.45) is 0.784. The fourth-order valence-electron chi connectivity index (χ4n) is 2.27. The van der Waals surface area contributed by atoms with Crippen LogP contribution in [0.4, 0.5) is 0 Å². The zero-order valence-electron chi connectivity index (χ0n) is 10.2. The van der Waals surface area contributed by atoms with E-state index >= 15 is 0 Å². The van der Waals surface area contributed by atoms with Gasteiger partial charge in [0.25, 0.3) is 0 Å². The zero-order chi connectivity index (χ0) is 13.2. The monoisotopic (exact) mass is 284 g/mol. The Kier molecular flexibility index (Phi) is 3.49. The van der Waals surface area contributed by atoms with Crippen molar-refractivity contribution in [1.82, 2.24) is 0 Å². The summed E-state index contributed by atoms with van der Waals surface area (Å²) in [4.78, 5) is 12.3. The minimum absolute atomic E-state index is 0.0647. The molecule has 0 aromatic heterocycles. The molecule has 19 heavy (non-hydrogen) atoms. The lowest BCUT2D eigenvalue weighted by Crippen LogP contribution is -2.14. The fraction of sp³-hybridized carbons (Fsp3) is 0.125. The van der Waals surface area contributed by atoms with Gasteiger partial charge in [-0.25, -0.2) is 0 Å². The first-order valence-electron chi connectivity index (χ1n) is 6.14. The summed E-state index contributed by atoms with van der Waals surface area (Å²) in [5.41, 5.74) is 3.02. The van der Waals surface area contributed by atoms with Crippen LogP contribution in [0.5, 0.6) is 0 Å². The molecule has 0 N–H and O–H groups in total. The Hall–Kier alpha value is -1.45. The lowest BCUT2D eigenvalue weighted by molar-refractivity contribution is 0.100. The summed E-state index contributed by atoms with van der Waals surface area (Å²) in [7, 11) is 0. The number of thioether (sulfide) groups is 1. The normalized spacial score (nSPS) is 17.3. The highest BCUT2D eigenvalue weighted by Crippen LogP contribution is 2.32. The lowest BCUT2D eigenvalue weighted by atomic mass is 10.1. The van der Waals surface area contributed by atoms with E-state index in [2.05, 4.69) is 0 Å². The molecular formula is C16H12OS2. The molecule has 0 aliphatic heterocycles. The second-order valence-corrected chi connectivity index (χ2v) is 6.37. The number of carbonyl (C=O) groups excluding carboxylic acids is 1. The van der Waals surface area contributed by atoms with Crippen LogP contribution >= 0.6 is 24.0 Å². The van der Waals surface area contributed by atoms with Crippen LogP contribution in [-0.2, 0) is 6.42 Å². The Balaban J connectivity index is 1.77. The van der Waals surface area contributed by atoms with E-state index < -0.39 is 0 Å². The molecule has 0 heterocycles. The Morgan fingerprint density at radius 1 is 1.05 bits per heavy atom. The van der Waals surface area contributed by atoms with E-state index in [1.807, 2.05) is 54.6 Å². The summed E-state index contributed by atoms with van der Waals surface area (Å²) in [6, 6.07) is 17.7. The van der Waals surface area contributed by atoms with E-state index in [0.717, 1.165) is 27.3 Å². The highest BCUT2D eigenvalue weighted by molar-refractivity contribution is 8.24. The van der Waals surface area contributed by atoms with Crippen LogP contribution in [0.3, 0.4) is 0 Å². The minimum Gasteiger partial charge on any atom is -0.293 e. The van der Waals surface area contributed by atoms with Gasteiger partial charge in [-0.1, -0.05) is 66.8 Å². The topological polar surface area (TPSA) is 17.1 Å². The molecule has 0 unspecified atom stereocenters. The van der Waals surface area contributed by atoms with Crippen molar-refractivity contribution in [3.05, 3.63) is 71.3 Å². The second-order valence-electron chi connectivity index (χ2n) is 4.49. The van der Waals surface area contributed by atoms with Gasteiger partial charge < -0.3 is 0 Å². The van der Waals surface area contributed by atoms with Crippen LogP contribution in [0.1, 0.15) is 21.5 Å². The van der Waals surface area contributed by atoms with Gasteiger partial charge in [-0.3, -0.25) is 4.79 Å². The maximum absolute atomic E-state index is 12.3. The average Bonchev–Trinajstić information content (AvgIpc) is 2.77. The van der Waals surface area contributed by atoms with Gasteiger partial charge in [0.05, 0.1) is 9.45 Å². The van der Waals surface area contributed by atoms with Crippen LogP contribution in [-0.4, -0.2) is 15.2 Å². The van der Waals surface area contributed by atoms with Gasteiger partial charge in [0.1, 0.15) is 0 Å². The molecule has 0 amide bonds. The Bertz CT molecular complexity index is 634. The number of benzene rings is 2. The van der Waals surface area contributed by atoms with Crippen LogP contribution in [0.2, 0.25) is 0 Å². The molecule has 0 saturated carbocycles. The third-order valence-corrected chi connectivity index (χ3v) is 4.88. The summed E-state index contributed by atoms with van der Waals surface area (Å²) in [5, 5.41) is -0.0647. The number of carbonyl (C=O) groups is 1. The van der Waals surface area contributed by atoms with Crippen molar-refractivity contribution in [1.29, 1.82) is 0 Å². The molecule has 3 rings (SSSR count). The van der Waals surface area contributed by atoms with Crippen molar-refractivity contribution in [3.63, 3.8) is 0 Å². The van der Waals surface area contributed by atoms with E-state index in [1.54, 1.807) is 0 Å². The molecule has 1 nitrogen and oxygen atoms in total. The molecule has 3 heteroatoms. The molecule has 1 aliphatic carbocycles. The lowest BCUT2D eigenvalue weighted by Gasteiger charge is -2.08. The van der Waals surface area contributed by atoms with Crippen LogP contribution < -0.4 is 0 Å². The van der Waals surface area contributed by atoms with Crippen molar-refractivity contribution in [2.75, 3.05) is 0 Å². The molecule has 0 spiro atoms. The molecule has 1 atom stereocenters. The molecule has 0 saturated heterocycles. The maximum Gasteiger partial charge on any atom is 0.176 e.